The van der Waals surface area contributed by atoms with Gasteiger partial charge in [-0.15, -0.1) is 0 Å². The zero-order valence-electron chi connectivity index (χ0n) is 17.5. The minimum atomic E-state index is -0.695. The fourth-order valence-electron chi connectivity index (χ4n) is 4.95. The topological polar surface area (TPSA) is 110 Å². The van der Waals surface area contributed by atoms with Crippen molar-refractivity contribution in [2.75, 3.05) is 11.4 Å². The second kappa shape index (κ2) is 6.41. The maximum Gasteiger partial charge on any atom is 0.332 e. The zero-order valence-corrected chi connectivity index (χ0v) is 17.5. The lowest BCUT2D eigenvalue weighted by atomic mass is 10.1. The lowest BCUT2D eigenvalue weighted by molar-refractivity contribution is -0.121. The van der Waals surface area contributed by atoms with Gasteiger partial charge in [0.2, 0.25) is 0 Å². The van der Waals surface area contributed by atoms with Crippen molar-refractivity contribution in [2.24, 2.45) is 0 Å². The van der Waals surface area contributed by atoms with Gasteiger partial charge in [-0.2, -0.15) is 5.26 Å². The summed E-state index contributed by atoms with van der Waals surface area (Å²) in [5, 5.41) is 12.9. The standard InChI is InChI=1S/C22H22N6O3/c1-22(2,3)25-20(30)26-11-13-9-16(26)18-19(29)28(21(31)27(13)18)15-7-6-12(10-23)17-14(15)5-4-8-24-17/h4-8,13,16,18H,9,11H2,1-3H3,(H,25,30)/t13-,16?,18+/m1/s1. The zero-order chi connectivity index (χ0) is 22.1. The van der Waals surface area contributed by atoms with Crippen LogP contribution >= 0.6 is 0 Å². The Bertz CT molecular complexity index is 1180. The molecule has 2 aromatic rings. The minimum Gasteiger partial charge on any atom is -0.333 e. The number of benzene rings is 1. The Hall–Kier alpha value is -3.67. The van der Waals surface area contributed by atoms with E-state index in [1.165, 1.54) is 4.90 Å². The molecule has 5 rings (SSSR count). The molecule has 3 aliphatic heterocycles. The molecule has 0 spiro atoms. The number of nitriles is 1. The number of amides is 5. The second-order valence-corrected chi connectivity index (χ2v) is 9.24. The van der Waals surface area contributed by atoms with Gasteiger partial charge < -0.3 is 15.1 Å². The number of aromatic nitrogens is 1. The average molecular weight is 418 g/mol. The van der Waals surface area contributed by atoms with Gasteiger partial charge in [0.15, 0.2) is 0 Å². The molecule has 3 aliphatic rings. The van der Waals surface area contributed by atoms with Gasteiger partial charge in [0.1, 0.15) is 12.1 Å². The van der Waals surface area contributed by atoms with Gasteiger partial charge in [-0.1, -0.05) is 0 Å². The number of carbonyl (C=O) groups excluding carboxylic acids is 3. The summed E-state index contributed by atoms with van der Waals surface area (Å²) in [6.45, 7) is 6.12. The molecule has 31 heavy (non-hydrogen) atoms. The number of hydrogen-bond donors (Lipinski definition) is 1. The molecule has 158 valence electrons. The van der Waals surface area contributed by atoms with Crippen LogP contribution in [0.15, 0.2) is 30.5 Å². The van der Waals surface area contributed by atoms with Gasteiger partial charge in [0.05, 0.1) is 28.9 Å². The molecule has 0 saturated carbocycles. The molecule has 1 aromatic heterocycles. The monoisotopic (exact) mass is 418 g/mol. The van der Waals surface area contributed by atoms with Crippen molar-refractivity contribution in [1.29, 1.82) is 5.26 Å². The Balaban J connectivity index is 1.51. The highest BCUT2D eigenvalue weighted by molar-refractivity contribution is 6.25. The highest BCUT2D eigenvalue weighted by atomic mass is 16.2. The molecule has 9 heteroatoms. The second-order valence-electron chi connectivity index (χ2n) is 9.24. The van der Waals surface area contributed by atoms with Gasteiger partial charge in [0.25, 0.3) is 5.91 Å². The van der Waals surface area contributed by atoms with E-state index < -0.39 is 11.6 Å². The molecular weight excluding hydrogens is 396 g/mol. The smallest absolute Gasteiger partial charge is 0.332 e. The van der Waals surface area contributed by atoms with Gasteiger partial charge in [-0.3, -0.25) is 9.78 Å². The first-order valence-electron chi connectivity index (χ1n) is 10.2. The number of piperazine rings is 1. The maximum atomic E-state index is 13.5. The Morgan fingerprint density at radius 3 is 2.74 bits per heavy atom. The van der Waals surface area contributed by atoms with Crippen molar-refractivity contribution in [3.05, 3.63) is 36.0 Å². The molecule has 9 nitrogen and oxygen atoms in total. The van der Waals surface area contributed by atoms with E-state index in [1.54, 1.807) is 40.3 Å². The fraction of sp³-hybridized carbons (Fsp3) is 0.409. The third kappa shape index (κ3) is 2.75. The fourth-order valence-corrected chi connectivity index (χ4v) is 4.95. The maximum absolute atomic E-state index is 13.5. The number of imide groups is 1. The van der Waals surface area contributed by atoms with Gasteiger partial charge in [0, 0.05) is 23.7 Å². The number of hydrogen-bond acceptors (Lipinski definition) is 5. The van der Waals surface area contributed by atoms with Crippen LogP contribution in [-0.4, -0.2) is 63.0 Å². The van der Waals surface area contributed by atoms with E-state index in [-0.39, 0.29) is 30.1 Å². The Morgan fingerprint density at radius 1 is 1.26 bits per heavy atom. The summed E-state index contributed by atoms with van der Waals surface area (Å²) in [7, 11) is 0. The number of nitrogens with one attached hydrogen (secondary N) is 1. The van der Waals surface area contributed by atoms with Crippen LogP contribution < -0.4 is 10.2 Å². The summed E-state index contributed by atoms with van der Waals surface area (Å²) in [4.78, 5) is 48.3. The molecule has 2 bridgehead atoms. The summed E-state index contributed by atoms with van der Waals surface area (Å²) in [5.74, 6) is -0.347. The summed E-state index contributed by atoms with van der Waals surface area (Å²) < 4.78 is 0. The normalized spacial score (nSPS) is 24.7. The summed E-state index contributed by atoms with van der Waals surface area (Å²) in [5.41, 5.74) is 0.846. The van der Waals surface area contributed by atoms with Crippen molar-refractivity contribution in [2.45, 2.75) is 50.9 Å². The minimum absolute atomic E-state index is 0.190. The summed E-state index contributed by atoms with van der Waals surface area (Å²) in [6.07, 6.45) is 2.17. The van der Waals surface area contributed by atoms with Crippen molar-refractivity contribution in [1.82, 2.24) is 20.1 Å². The number of pyridine rings is 1. The SMILES string of the molecule is CC(C)(C)NC(=O)N1C[C@H]2CC1[C@H]1C(=O)N(c3ccc(C#N)c4ncccc34)C(=O)N21. The van der Waals surface area contributed by atoms with Crippen LogP contribution in [0.2, 0.25) is 0 Å². The first-order chi connectivity index (χ1) is 14.7. The summed E-state index contributed by atoms with van der Waals surface area (Å²) in [6, 6.07) is 6.92. The highest BCUT2D eigenvalue weighted by Gasteiger charge is 2.63. The van der Waals surface area contributed by atoms with E-state index in [1.807, 2.05) is 20.8 Å². The van der Waals surface area contributed by atoms with Crippen LogP contribution in [0, 0.1) is 11.3 Å². The largest absolute Gasteiger partial charge is 0.333 e. The van der Waals surface area contributed by atoms with E-state index in [9.17, 15) is 19.6 Å². The number of fused-ring (bicyclic) bond motifs is 6. The van der Waals surface area contributed by atoms with Crippen LogP contribution in [0.1, 0.15) is 32.8 Å². The first-order valence-corrected chi connectivity index (χ1v) is 10.2. The molecule has 0 aliphatic carbocycles. The molecule has 3 saturated heterocycles. The molecule has 5 amide bonds. The summed E-state index contributed by atoms with van der Waals surface area (Å²) >= 11 is 0. The van der Waals surface area contributed by atoms with E-state index >= 15 is 0 Å². The predicted molar refractivity (Wildman–Crippen MR) is 112 cm³/mol. The molecule has 0 radical (unpaired) electrons. The Labute approximate surface area is 179 Å². The Kier molecular flexibility index (Phi) is 3.99. The Morgan fingerprint density at radius 2 is 2.03 bits per heavy atom. The van der Waals surface area contributed by atoms with E-state index in [4.69, 9.17) is 0 Å². The molecule has 1 unspecified atom stereocenters. The number of carbonyl (C=O) groups is 3. The number of rotatable bonds is 1. The van der Waals surface area contributed by atoms with Crippen LogP contribution in [0.25, 0.3) is 10.9 Å². The van der Waals surface area contributed by atoms with Crippen molar-refractivity contribution >= 4 is 34.6 Å². The lowest BCUT2D eigenvalue weighted by Crippen LogP contribution is -2.59. The quantitative estimate of drug-likeness (QED) is 0.714. The van der Waals surface area contributed by atoms with Gasteiger partial charge in [-0.05, 0) is 51.5 Å². The van der Waals surface area contributed by atoms with Gasteiger partial charge in [-0.25, -0.2) is 14.5 Å². The highest BCUT2D eigenvalue weighted by Crippen LogP contribution is 2.43. The van der Waals surface area contributed by atoms with Crippen LogP contribution in [-0.2, 0) is 4.79 Å². The lowest BCUT2D eigenvalue weighted by Gasteiger charge is -2.36. The van der Waals surface area contributed by atoms with E-state index in [0.717, 1.165) is 0 Å². The van der Waals surface area contributed by atoms with Crippen molar-refractivity contribution in [3.8, 4) is 6.07 Å². The number of likely N-dealkylation sites (tertiary alicyclic amines) is 1. The van der Waals surface area contributed by atoms with Crippen LogP contribution in [0.4, 0.5) is 15.3 Å². The van der Waals surface area contributed by atoms with Crippen molar-refractivity contribution in [3.63, 3.8) is 0 Å². The van der Waals surface area contributed by atoms with E-state index in [2.05, 4.69) is 16.4 Å². The molecule has 3 fully saturated rings. The third-order valence-corrected chi connectivity index (χ3v) is 6.12. The number of nitrogens with zero attached hydrogens (tertiary/aromatic N) is 5. The third-order valence-electron chi connectivity index (χ3n) is 6.12. The van der Waals surface area contributed by atoms with Gasteiger partial charge >= 0.3 is 12.1 Å². The molecule has 1 aromatic carbocycles. The number of anilines is 1. The average Bonchev–Trinajstić information content (AvgIpc) is 3.38. The predicted octanol–water partition coefficient (Wildman–Crippen LogP) is 2.21. The molecule has 3 atom stereocenters. The molecule has 4 heterocycles. The number of urea groups is 2. The van der Waals surface area contributed by atoms with E-state index in [0.29, 0.717) is 35.1 Å². The molecular formula is C22H22N6O3. The van der Waals surface area contributed by atoms with Crippen LogP contribution in [0.3, 0.4) is 0 Å². The van der Waals surface area contributed by atoms with Crippen molar-refractivity contribution < 1.29 is 14.4 Å². The molecule has 1 N–H and O–H groups in total. The van der Waals surface area contributed by atoms with Crippen LogP contribution in [0.5, 0.6) is 0 Å². The first kappa shape index (κ1) is 19.3.